The summed E-state index contributed by atoms with van der Waals surface area (Å²) in [6.07, 6.45) is 1.11. The van der Waals surface area contributed by atoms with E-state index in [0.29, 0.717) is 68.9 Å². The lowest BCUT2D eigenvalue weighted by atomic mass is 10.2. The Morgan fingerprint density at radius 2 is 0.780 bits per heavy atom. The first-order chi connectivity index (χ1) is 39.4. The van der Waals surface area contributed by atoms with E-state index in [4.69, 9.17) is 47.4 Å². The SMILES string of the molecule is COc1cccc(-c2nnc(CS(=O)(=O)[C@@H](C)[C@@H](OC)c3ncc(C)nc3OC)n2-c2c(OC)cccc2OC)n1.COc1cccc(-c2nnc(CS(=O)(=O)[C@H](C)[C@H](OC)c3ncc(C)nc3OC)n2-c2c(OC)cccc2OC)n1. The van der Waals surface area contributed by atoms with Crippen molar-refractivity contribution >= 4 is 19.7 Å². The van der Waals surface area contributed by atoms with Crippen LogP contribution in [0.15, 0.2) is 85.2 Å². The first-order valence-corrected chi connectivity index (χ1v) is 28.4. The molecule has 0 spiro atoms. The molecule has 8 aromatic rings. The number of pyridine rings is 2. The highest BCUT2D eigenvalue weighted by Crippen LogP contribution is 2.40. The number of hydrogen-bond acceptors (Lipinski definition) is 24. The predicted octanol–water partition coefficient (Wildman–Crippen LogP) is 6.31. The van der Waals surface area contributed by atoms with Gasteiger partial charge in [0.15, 0.2) is 43.0 Å². The number of hydrogen-bond donors (Lipinski definition) is 0. The molecule has 82 heavy (non-hydrogen) atoms. The van der Waals surface area contributed by atoms with Gasteiger partial charge < -0.3 is 47.4 Å². The maximum atomic E-state index is 13.9. The molecule has 0 saturated carbocycles. The van der Waals surface area contributed by atoms with Crippen LogP contribution >= 0.6 is 0 Å². The molecule has 0 unspecified atom stereocenters. The van der Waals surface area contributed by atoms with Crippen molar-refractivity contribution in [2.75, 3.05) is 71.1 Å². The van der Waals surface area contributed by atoms with Gasteiger partial charge in [0, 0.05) is 38.7 Å². The Morgan fingerprint density at radius 1 is 0.439 bits per heavy atom. The molecular formula is C54H64N12O14S2. The van der Waals surface area contributed by atoms with Crippen LogP contribution in [0.5, 0.6) is 46.5 Å². The van der Waals surface area contributed by atoms with Crippen LogP contribution in [-0.4, -0.2) is 158 Å². The number of nitrogens with zero attached hydrogens (tertiary/aromatic N) is 12. The molecule has 0 aliphatic carbocycles. The summed E-state index contributed by atoms with van der Waals surface area (Å²) in [7, 11) is 6.80. The second-order valence-corrected chi connectivity index (χ2v) is 22.6. The third-order valence-electron chi connectivity index (χ3n) is 12.9. The minimum atomic E-state index is -3.96. The van der Waals surface area contributed by atoms with E-state index in [0.717, 1.165) is 0 Å². The van der Waals surface area contributed by atoms with Gasteiger partial charge in [-0.2, -0.15) is 0 Å². The number of para-hydroxylation sites is 2. The van der Waals surface area contributed by atoms with Gasteiger partial charge in [0.1, 0.15) is 80.9 Å². The number of methoxy groups -OCH3 is 10. The van der Waals surface area contributed by atoms with Gasteiger partial charge in [-0.15, -0.1) is 20.4 Å². The lowest BCUT2D eigenvalue weighted by Gasteiger charge is -2.23. The van der Waals surface area contributed by atoms with E-state index in [-0.39, 0.29) is 46.4 Å². The van der Waals surface area contributed by atoms with Crippen LogP contribution in [0.3, 0.4) is 0 Å². The molecule has 6 aromatic heterocycles. The van der Waals surface area contributed by atoms with E-state index in [2.05, 4.69) is 50.3 Å². The standard InChI is InChI=1S/2C27H32N6O7S/c2*1-16-14-28-23(27(29-16)40-7)25(39-6)17(2)41(34,35)15-21-31-32-26(18-10-8-13-22(30-18)38-5)33(21)24-19(36-3)11-9-12-20(24)37-4/h2*8-14,17,25H,15H2,1-7H3/t2*17-,25+/m10/s1. The molecular weight excluding hydrogens is 1100 g/mol. The van der Waals surface area contributed by atoms with Crippen molar-refractivity contribution in [1.82, 2.24) is 59.4 Å². The van der Waals surface area contributed by atoms with Crippen molar-refractivity contribution in [2.24, 2.45) is 0 Å². The summed E-state index contributed by atoms with van der Waals surface area (Å²) < 4.78 is 114. The number of rotatable bonds is 24. The number of aromatic nitrogens is 12. The monoisotopic (exact) mass is 1170 g/mol. The first kappa shape index (κ1) is 61.0. The highest BCUT2D eigenvalue weighted by atomic mass is 32.2. The number of sulfone groups is 2. The summed E-state index contributed by atoms with van der Waals surface area (Å²) in [5.74, 6) is 2.45. The fourth-order valence-electron chi connectivity index (χ4n) is 8.70. The van der Waals surface area contributed by atoms with Crippen LogP contribution in [0.1, 0.15) is 60.5 Å². The Balaban J connectivity index is 0.000000236. The quantitative estimate of drug-likeness (QED) is 0.0640. The van der Waals surface area contributed by atoms with Crippen LogP contribution in [0.4, 0.5) is 0 Å². The highest BCUT2D eigenvalue weighted by Gasteiger charge is 2.39. The predicted molar refractivity (Wildman–Crippen MR) is 299 cm³/mol. The molecule has 436 valence electrons. The zero-order valence-electron chi connectivity index (χ0n) is 47.7. The van der Waals surface area contributed by atoms with Crippen molar-refractivity contribution in [3.05, 3.63) is 120 Å². The average molecular weight is 1170 g/mol. The van der Waals surface area contributed by atoms with Crippen molar-refractivity contribution in [3.8, 4) is 80.9 Å². The largest absolute Gasteiger partial charge is 0.494 e. The van der Waals surface area contributed by atoms with Crippen LogP contribution < -0.4 is 37.9 Å². The Bertz CT molecular complexity index is 3450. The maximum absolute atomic E-state index is 13.9. The minimum absolute atomic E-state index is 0.107. The zero-order valence-corrected chi connectivity index (χ0v) is 49.3. The second-order valence-electron chi connectivity index (χ2n) is 17.9. The second kappa shape index (κ2) is 26.8. The molecule has 26 nitrogen and oxygen atoms in total. The molecule has 0 fully saturated rings. The summed E-state index contributed by atoms with van der Waals surface area (Å²) in [6.45, 7) is 6.60. The van der Waals surface area contributed by atoms with Gasteiger partial charge in [0.05, 0.1) is 78.8 Å². The molecule has 0 N–H and O–H groups in total. The topological polar surface area (TPSA) is 299 Å². The van der Waals surface area contributed by atoms with E-state index in [1.54, 1.807) is 110 Å². The van der Waals surface area contributed by atoms with Crippen LogP contribution in [-0.2, 0) is 40.7 Å². The van der Waals surface area contributed by atoms with E-state index >= 15 is 0 Å². The van der Waals surface area contributed by atoms with Gasteiger partial charge in [-0.1, -0.05) is 24.3 Å². The van der Waals surface area contributed by atoms with E-state index in [1.165, 1.54) is 83.5 Å². The summed E-state index contributed by atoms with van der Waals surface area (Å²) in [5, 5.41) is 15.1. The number of benzene rings is 2. The minimum Gasteiger partial charge on any atom is -0.494 e. The molecule has 0 aliphatic heterocycles. The highest BCUT2D eigenvalue weighted by molar-refractivity contribution is 7.91. The van der Waals surface area contributed by atoms with Crippen molar-refractivity contribution < 1.29 is 64.2 Å². The zero-order chi connectivity index (χ0) is 59.5. The summed E-state index contributed by atoms with van der Waals surface area (Å²) >= 11 is 0. The molecule has 2 aromatic carbocycles. The lowest BCUT2D eigenvalue weighted by Crippen LogP contribution is -2.30. The van der Waals surface area contributed by atoms with Crippen LogP contribution in [0.2, 0.25) is 0 Å². The Morgan fingerprint density at radius 3 is 1.09 bits per heavy atom. The smallest absolute Gasteiger partial charge is 0.238 e. The van der Waals surface area contributed by atoms with Crippen molar-refractivity contribution in [2.45, 2.75) is 61.9 Å². The molecule has 0 radical (unpaired) electrons. The normalized spacial score (nSPS) is 13.0. The van der Waals surface area contributed by atoms with Gasteiger partial charge in [-0.3, -0.25) is 19.1 Å². The van der Waals surface area contributed by atoms with Gasteiger partial charge in [0.25, 0.3) is 0 Å². The van der Waals surface area contributed by atoms with Gasteiger partial charge in [-0.25, -0.2) is 36.8 Å². The molecule has 4 atom stereocenters. The van der Waals surface area contributed by atoms with E-state index < -0.39 is 53.9 Å². The van der Waals surface area contributed by atoms with Crippen molar-refractivity contribution in [1.29, 1.82) is 0 Å². The van der Waals surface area contributed by atoms with Gasteiger partial charge in [0.2, 0.25) is 23.5 Å². The third-order valence-corrected chi connectivity index (χ3v) is 17.0. The average Bonchev–Trinajstić information content (AvgIpc) is 4.32. The molecule has 8 rings (SSSR count). The molecule has 0 saturated heterocycles. The molecule has 0 aliphatic rings. The molecule has 0 bridgehead atoms. The Hall–Kier alpha value is -8.60. The number of aryl methyl sites for hydroxylation is 2. The fraction of sp³-hybridized carbons (Fsp3) is 0.370. The van der Waals surface area contributed by atoms with E-state index in [1.807, 2.05) is 0 Å². The molecule has 28 heteroatoms. The summed E-state index contributed by atoms with van der Waals surface area (Å²) in [4.78, 5) is 26.4. The Labute approximate surface area is 474 Å². The lowest BCUT2D eigenvalue weighted by molar-refractivity contribution is 0.0952. The summed E-state index contributed by atoms with van der Waals surface area (Å²) in [5.41, 5.74) is 3.40. The Kier molecular flexibility index (Phi) is 19.9. The fourth-order valence-corrected chi connectivity index (χ4v) is 11.6. The molecule has 6 heterocycles. The van der Waals surface area contributed by atoms with Gasteiger partial charge in [-0.05, 0) is 64.1 Å². The third kappa shape index (κ3) is 12.9. The van der Waals surface area contributed by atoms with Crippen LogP contribution in [0, 0.1) is 13.8 Å². The summed E-state index contributed by atoms with van der Waals surface area (Å²) in [6, 6.07) is 20.7. The molecule has 0 amide bonds. The first-order valence-electron chi connectivity index (χ1n) is 25.0. The van der Waals surface area contributed by atoms with Gasteiger partial charge >= 0.3 is 0 Å². The van der Waals surface area contributed by atoms with Crippen molar-refractivity contribution in [3.63, 3.8) is 0 Å². The van der Waals surface area contributed by atoms with E-state index in [9.17, 15) is 16.8 Å². The maximum Gasteiger partial charge on any atom is 0.238 e. The van der Waals surface area contributed by atoms with Crippen LogP contribution in [0.25, 0.3) is 34.4 Å². The number of ether oxygens (including phenoxy) is 10.